The van der Waals surface area contributed by atoms with E-state index in [0.29, 0.717) is 6.42 Å². The van der Waals surface area contributed by atoms with Crippen LogP contribution in [-0.2, 0) is 16.0 Å². The van der Waals surface area contributed by atoms with Gasteiger partial charge >= 0.3 is 5.97 Å². The molecule has 0 aliphatic rings. The van der Waals surface area contributed by atoms with E-state index in [2.05, 4.69) is 9.84 Å². The Morgan fingerprint density at radius 3 is 2.89 bits per heavy atom. The summed E-state index contributed by atoms with van der Waals surface area (Å²) in [5, 5.41) is 12.5. The number of aromatic nitrogens is 2. The molecule has 96 valence electrons. The van der Waals surface area contributed by atoms with Crippen molar-refractivity contribution in [2.24, 2.45) is 0 Å². The highest BCUT2D eigenvalue weighted by atomic mass is 16.5. The van der Waals surface area contributed by atoms with Crippen LogP contribution >= 0.6 is 0 Å². The van der Waals surface area contributed by atoms with E-state index in [0.717, 1.165) is 11.3 Å². The molecule has 0 amide bonds. The minimum Gasteiger partial charge on any atom is -0.450 e. The van der Waals surface area contributed by atoms with Gasteiger partial charge in [0.25, 0.3) is 0 Å². The summed E-state index contributed by atoms with van der Waals surface area (Å²) in [4.78, 5) is 11.3. The zero-order valence-corrected chi connectivity index (χ0v) is 10.3. The predicted molar refractivity (Wildman–Crippen MR) is 68.5 cm³/mol. The van der Waals surface area contributed by atoms with Gasteiger partial charge in [0, 0.05) is 12.6 Å². The molecule has 0 fully saturated rings. The minimum atomic E-state index is -0.367. The number of nitriles is 1. The van der Waals surface area contributed by atoms with Crippen molar-refractivity contribution in [3.05, 3.63) is 48.3 Å². The maximum Gasteiger partial charge on any atom is 0.307 e. The van der Waals surface area contributed by atoms with Gasteiger partial charge < -0.3 is 4.74 Å². The first-order chi connectivity index (χ1) is 9.29. The highest BCUT2D eigenvalue weighted by molar-refractivity contribution is 5.69. The lowest BCUT2D eigenvalue weighted by atomic mass is 10.2. The number of carbonyl (C=O) groups excluding carboxylic acids is 1. The molecule has 0 unspecified atom stereocenters. The summed E-state index contributed by atoms with van der Waals surface area (Å²) in [5.41, 5.74) is 1.93. The smallest absolute Gasteiger partial charge is 0.307 e. The number of rotatable bonds is 5. The normalized spacial score (nSPS) is 9.84. The fourth-order valence-electron chi connectivity index (χ4n) is 1.64. The van der Waals surface area contributed by atoms with Crippen molar-refractivity contribution in [1.29, 1.82) is 5.26 Å². The number of hydrogen-bond acceptors (Lipinski definition) is 4. The molecule has 1 heterocycles. The third-order valence-corrected chi connectivity index (χ3v) is 2.57. The molecule has 0 atom stereocenters. The van der Waals surface area contributed by atoms with Crippen LogP contribution in [-0.4, -0.2) is 22.4 Å². The van der Waals surface area contributed by atoms with Crippen molar-refractivity contribution < 1.29 is 9.53 Å². The van der Waals surface area contributed by atoms with E-state index >= 15 is 0 Å². The molecule has 0 saturated heterocycles. The molecule has 0 aliphatic heterocycles. The van der Waals surface area contributed by atoms with Crippen molar-refractivity contribution in [2.45, 2.75) is 12.8 Å². The number of para-hydroxylation sites is 1. The summed E-state index contributed by atoms with van der Waals surface area (Å²) in [6.07, 6.45) is 4.41. The largest absolute Gasteiger partial charge is 0.450 e. The van der Waals surface area contributed by atoms with Crippen LogP contribution in [0.1, 0.15) is 12.0 Å². The highest BCUT2D eigenvalue weighted by Crippen LogP contribution is 2.09. The highest BCUT2D eigenvalue weighted by Gasteiger charge is 2.05. The maximum absolute atomic E-state index is 11.3. The first-order valence-electron chi connectivity index (χ1n) is 5.91. The van der Waals surface area contributed by atoms with E-state index in [4.69, 9.17) is 5.26 Å². The van der Waals surface area contributed by atoms with Crippen molar-refractivity contribution in [1.82, 2.24) is 9.78 Å². The molecule has 5 heteroatoms. The lowest BCUT2D eigenvalue weighted by molar-refractivity contribution is -0.142. The van der Waals surface area contributed by atoms with Gasteiger partial charge in [-0.15, -0.1) is 0 Å². The van der Waals surface area contributed by atoms with Crippen LogP contribution in [0.3, 0.4) is 0 Å². The monoisotopic (exact) mass is 255 g/mol. The van der Waals surface area contributed by atoms with Gasteiger partial charge in [-0.1, -0.05) is 18.2 Å². The molecule has 1 aromatic carbocycles. The quantitative estimate of drug-likeness (QED) is 0.765. The average molecular weight is 255 g/mol. The number of ether oxygens (including phenoxy) is 1. The molecule has 19 heavy (non-hydrogen) atoms. The number of carbonyl (C=O) groups is 1. The standard InChI is InChI=1S/C14H13N3O2/c15-8-9-19-14(18)7-6-12-10-16-17(11-12)13-4-2-1-3-5-13/h1-5,10-11H,6-7,9H2. The van der Waals surface area contributed by atoms with Gasteiger partial charge in [-0.3, -0.25) is 4.79 Å². The third kappa shape index (κ3) is 3.68. The van der Waals surface area contributed by atoms with Gasteiger partial charge in [-0.05, 0) is 24.1 Å². The minimum absolute atomic E-state index is 0.192. The Hall–Kier alpha value is -2.61. The van der Waals surface area contributed by atoms with Crippen molar-refractivity contribution in [3.8, 4) is 11.8 Å². The number of aryl methyl sites for hydroxylation is 1. The van der Waals surface area contributed by atoms with Gasteiger partial charge in [-0.2, -0.15) is 10.4 Å². The Morgan fingerprint density at radius 1 is 1.37 bits per heavy atom. The lowest BCUT2D eigenvalue weighted by Gasteiger charge is -2.00. The van der Waals surface area contributed by atoms with Crippen LogP contribution in [0.25, 0.3) is 5.69 Å². The van der Waals surface area contributed by atoms with Gasteiger partial charge in [0.05, 0.1) is 11.9 Å². The summed E-state index contributed by atoms with van der Waals surface area (Å²) in [6, 6.07) is 11.5. The van der Waals surface area contributed by atoms with Crippen LogP contribution < -0.4 is 0 Å². The molecule has 0 saturated carbocycles. The SMILES string of the molecule is N#CCOC(=O)CCc1cnn(-c2ccccc2)c1. The zero-order chi connectivity index (χ0) is 13.5. The van der Waals surface area contributed by atoms with E-state index in [9.17, 15) is 4.79 Å². The summed E-state index contributed by atoms with van der Waals surface area (Å²) >= 11 is 0. The first-order valence-corrected chi connectivity index (χ1v) is 5.91. The molecule has 5 nitrogen and oxygen atoms in total. The Kier molecular flexibility index (Phi) is 4.29. The molecule has 0 aliphatic carbocycles. The summed E-state index contributed by atoms with van der Waals surface area (Å²) in [5.74, 6) is -0.367. The second-order valence-electron chi connectivity index (χ2n) is 3.95. The van der Waals surface area contributed by atoms with Crippen LogP contribution in [0.2, 0.25) is 0 Å². The van der Waals surface area contributed by atoms with Gasteiger partial charge in [-0.25, -0.2) is 4.68 Å². The van der Waals surface area contributed by atoms with E-state index in [-0.39, 0.29) is 19.0 Å². The molecular formula is C14H13N3O2. The number of hydrogen-bond donors (Lipinski definition) is 0. The van der Waals surface area contributed by atoms with E-state index in [1.165, 1.54) is 0 Å². The fourth-order valence-corrected chi connectivity index (χ4v) is 1.64. The number of nitrogens with zero attached hydrogens (tertiary/aromatic N) is 3. The van der Waals surface area contributed by atoms with E-state index in [1.54, 1.807) is 16.9 Å². The van der Waals surface area contributed by atoms with Gasteiger partial charge in [0.1, 0.15) is 6.07 Å². The molecule has 2 aromatic rings. The molecule has 0 radical (unpaired) electrons. The predicted octanol–water partition coefficient (Wildman–Crippen LogP) is 1.87. The maximum atomic E-state index is 11.3. The molecule has 0 N–H and O–H groups in total. The van der Waals surface area contributed by atoms with Gasteiger partial charge in [0.15, 0.2) is 6.61 Å². The molecule has 1 aromatic heterocycles. The fraction of sp³-hybridized carbons (Fsp3) is 0.214. The summed E-state index contributed by atoms with van der Waals surface area (Å²) in [7, 11) is 0. The van der Waals surface area contributed by atoms with Crippen molar-refractivity contribution in [3.63, 3.8) is 0 Å². The summed E-state index contributed by atoms with van der Waals surface area (Å²) in [6.45, 7) is -0.192. The number of benzene rings is 1. The second kappa shape index (κ2) is 6.36. The van der Waals surface area contributed by atoms with Crippen LogP contribution in [0.5, 0.6) is 0 Å². The van der Waals surface area contributed by atoms with Crippen LogP contribution in [0.15, 0.2) is 42.7 Å². The van der Waals surface area contributed by atoms with E-state index < -0.39 is 0 Å². The third-order valence-electron chi connectivity index (χ3n) is 2.57. The molecule has 0 spiro atoms. The van der Waals surface area contributed by atoms with Gasteiger partial charge in [0.2, 0.25) is 0 Å². The second-order valence-corrected chi connectivity index (χ2v) is 3.95. The number of esters is 1. The molecule has 0 bridgehead atoms. The lowest BCUT2D eigenvalue weighted by Crippen LogP contribution is -2.05. The Labute approximate surface area is 111 Å². The van der Waals surface area contributed by atoms with Crippen LogP contribution in [0, 0.1) is 11.3 Å². The summed E-state index contributed by atoms with van der Waals surface area (Å²) < 4.78 is 6.44. The van der Waals surface area contributed by atoms with Crippen molar-refractivity contribution >= 4 is 5.97 Å². The Morgan fingerprint density at radius 2 is 2.16 bits per heavy atom. The zero-order valence-electron chi connectivity index (χ0n) is 10.3. The Balaban J connectivity index is 1.92. The molecular weight excluding hydrogens is 242 g/mol. The average Bonchev–Trinajstić information content (AvgIpc) is 2.93. The van der Waals surface area contributed by atoms with Crippen LogP contribution in [0.4, 0.5) is 0 Å². The Bertz CT molecular complexity index is 584. The van der Waals surface area contributed by atoms with Crippen molar-refractivity contribution in [2.75, 3.05) is 6.61 Å². The topological polar surface area (TPSA) is 67.9 Å². The first kappa shape index (κ1) is 12.8. The van der Waals surface area contributed by atoms with E-state index in [1.807, 2.05) is 36.5 Å². The molecule has 2 rings (SSSR count).